The second kappa shape index (κ2) is 10.1. The van der Waals surface area contributed by atoms with Crippen LogP contribution in [0.15, 0.2) is 70.2 Å². The molecule has 0 aliphatic heterocycles. The summed E-state index contributed by atoms with van der Waals surface area (Å²) in [7, 11) is 0. The van der Waals surface area contributed by atoms with Crippen LogP contribution in [0.2, 0.25) is 5.02 Å². The molecule has 1 atom stereocenters. The summed E-state index contributed by atoms with van der Waals surface area (Å²) in [5.41, 5.74) is -0.880. The largest absolute Gasteiger partial charge is 0.459 e. The van der Waals surface area contributed by atoms with Crippen LogP contribution in [0.3, 0.4) is 0 Å². The number of amides is 2. The fraction of sp³-hybridized carbons (Fsp3) is 0.182. The molecule has 2 aromatic carbocycles. The molecule has 0 aliphatic carbocycles. The van der Waals surface area contributed by atoms with Crippen molar-refractivity contribution >= 4 is 46.6 Å². The maximum Gasteiger partial charge on any atom is 0.418 e. The van der Waals surface area contributed by atoms with Crippen LogP contribution in [0.5, 0.6) is 0 Å². The zero-order valence-corrected chi connectivity index (χ0v) is 18.3. The molecule has 32 heavy (non-hydrogen) atoms. The summed E-state index contributed by atoms with van der Waals surface area (Å²) in [6.07, 6.45) is -2.91. The van der Waals surface area contributed by atoms with Crippen LogP contribution < -0.4 is 10.6 Å². The van der Waals surface area contributed by atoms with E-state index < -0.39 is 28.8 Å². The van der Waals surface area contributed by atoms with Crippen molar-refractivity contribution in [1.82, 2.24) is 0 Å². The van der Waals surface area contributed by atoms with Gasteiger partial charge in [0.15, 0.2) is 5.76 Å². The SMILES string of the molecule is CCC(Sc1cccc(NC(=O)c2ccco2)c1)C(=O)Nc1ccc(Cl)cc1C(F)(F)F. The quantitative estimate of drug-likeness (QED) is 0.367. The maximum atomic E-state index is 13.3. The second-order valence-electron chi connectivity index (χ2n) is 6.65. The lowest BCUT2D eigenvalue weighted by molar-refractivity contribution is -0.137. The summed E-state index contributed by atoms with van der Waals surface area (Å²) in [6.45, 7) is 1.76. The summed E-state index contributed by atoms with van der Waals surface area (Å²) in [4.78, 5) is 25.5. The summed E-state index contributed by atoms with van der Waals surface area (Å²) in [6, 6.07) is 13.1. The predicted octanol–water partition coefficient (Wildman–Crippen LogP) is 6.71. The van der Waals surface area contributed by atoms with Gasteiger partial charge in [0.1, 0.15) is 0 Å². The van der Waals surface area contributed by atoms with Crippen LogP contribution in [-0.2, 0) is 11.0 Å². The van der Waals surface area contributed by atoms with E-state index in [1.807, 2.05) is 0 Å². The molecule has 0 aliphatic rings. The van der Waals surface area contributed by atoms with Gasteiger partial charge in [-0.1, -0.05) is 24.6 Å². The third kappa shape index (κ3) is 6.08. The number of thioether (sulfide) groups is 1. The van der Waals surface area contributed by atoms with Gasteiger partial charge in [0, 0.05) is 15.6 Å². The van der Waals surface area contributed by atoms with E-state index in [4.69, 9.17) is 16.0 Å². The van der Waals surface area contributed by atoms with Gasteiger partial charge < -0.3 is 15.1 Å². The van der Waals surface area contributed by atoms with E-state index in [1.54, 1.807) is 37.3 Å². The van der Waals surface area contributed by atoms with Crippen molar-refractivity contribution in [3.05, 3.63) is 77.2 Å². The first-order chi connectivity index (χ1) is 15.2. The molecule has 0 saturated heterocycles. The molecule has 0 bridgehead atoms. The van der Waals surface area contributed by atoms with Crippen molar-refractivity contribution in [3.63, 3.8) is 0 Å². The van der Waals surface area contributed by atoms with Gasteiger partial charge in [0.25, 0.3) is 5.91 Å². The molecule has 1 heterocycles. The highest BCUT2D eigenvalue weighted by atomic mass is 35.5. The molecule has 0 spiro atoms. The zero-order valence-electron chi connectivity index (χ0n) is 16.7. The lowest BCUT2D eigenvalue weighted by Crippen LogP contribution is -2.26. The zero-order chi connectivity index (χ0) is 23.3. The Hall–Kier alpha value is -2.91. The van der Waals surface area contributed by atoms with E-state index in [0.717, 1.165) is 12.1 Å². The molecule has 1 unspecified atom stereocenters. The Morgan fingerprint density at radius 2 is 1.88 bits per heavy atom. The van der Waals surface area contributed by atoms with Crippen LogP contribution in [0.4, 0.5) is 24.5 Å². The van der Waals surface area contributed by atoms with Crippen LogP contribution in [-0.4, -0.2) is 17.1 Å². The average Bonchev–Trinajstić information content (AvgIpc) is 3.28. The molecule has 5 nitrogen and oxygen atoms in total. The maximum absolute atomic E-state index is 13.3. The Balaban J connectivity index is 1.72. The van der Waals surface area contributed by atoms with Crippen molar-refractivity contribution in [2.45, 2.75) is 29.7 Å². The number of alkyl halides is 3. The van der Waals surface area contributed by atoms with Gasteiger partial charge >= 0.3 is 6.18 Å². The molecular formula is C22H18ClF3N2O3S. The van der Waals surface area contributed by atoms with Crippen molar-refractivity contribution in [3.8, 4) is 0 Å². The van der Waals surface area contributed by atoms with E-state index in [9.17, 15) is 22.8 Å². The van der Waals surface area contributed by atoms with Gasteiger partial charge in [-0.15, -0.1) is 11.8 Å². The molecule has 3 rings (SSSR count). The number of anilines is 2. The third-order valence-electron chi connectivity index (χ3n) is 4.32. The smallest absolute Gasteiger partial charge is 0.418 e. The number of carbonyl (C=O) groups is 2. The van der Waals surface area contributed by atoms with Crippen molar-refractivity contribution in [1.29, 1.82) is 0 Å². The summed E-state index contributed by atoms with van der Waals surface area (Å²) >= 11 is 6.86. The number of carbonyl (C=O) groups excluding carboxylic acids is 2. The predicted molar refractivity (Wildman–Crippen MR) is 118 cm³/mol. The number of halogens is 4. The number of furan rings is 1. The minimum atomic E-state index is -4.66. The van der Waals surface area contributed by atoms with Crippen LogP contribution in [0, 0.1) is 0 Å². The number of hydrogen-bond acceptors (Lipinski definition) is 4. The van der Waals surface area contributed by atoms with Crippen LogP contribution >= 0.6 is 23.4 Å². The minimum Gasteiger partial charge on any atom is -0.459 e. The van der Waals surface area contributed by atoms with E-state index in [1.165, 1.54) is 30.2 Å². The van der Waals surface area contributed by atoms with Crippen LogP contribution in [0.1, 0.15) is 29.5 Å². The Morgan fingerprint density at radius 3 is 2.53 bits per heavy atom. The second-order valence-corrected chi connectivity index (χ2v) is 8.36. The standard InChI is InChI=1S/C22H18ClF3N2O3S/c1-2-19(21(30)28-17-9-8-13(23)11-16(17)22(24,25)26)32-15-6-3-5-14(12-15)27-20(29)18-7-4-10-31-18/h3-12,19H,2H2,1H3,(H,27,29)(H,28,30). The summed E-state index contributed by atoms with van der Waals surface area (Å²) in [5, 5.41) is 4.31. The Morgan fingerprint density at radius 1 is 1.09 bits per heavy atom. The first-order valence-electron chi connectivity index (χ1n) is 9.46. The first-order valence-corrected chi connectivity index (χ1v) is 10.7. The third-order valence-corrected chi connectivity index (χ3v) is 5.92. The molecule has 3 aromatic rings. The summed E-state index contributed by atoms with van der Waals surface area (Å²) < 4.78 is 45.0. The van der Waals surface area contributed by atoms with E-state index in [0.29, 0.717) is 17.0 Å². The first kappa shape index (κ1) is 23.7. The fourth-order valence-corrected chi connectivity index (χ4v) is 3.99. The molecule has 168 valence electrons. The molecule has 0 radical (unpaired) electrons. The van der Waals surface area contributed by atoms with Gasteiger partial charge in [-0.25, -0.2) is 0 Å². The van der Waals surface area contributed by atoms with Crippen molar-refractivity contribution in [2.24, 2.45) is 0 Å². The molecule has 2 amide bonds. The topological polar surface area (TPSA) is 71.3 Å². The van der Waals surface area contributed by atoms with Gasteiger partial charge in [-0.3, -0.25) is 9.59 Å². The monoisotopic (exact) mass is 482 g/mol. The molecule has 1 aromatic heterocycles. The average molecular weight is 483 g/mol. The summed E-state index contributed by atoms with van der Waals surface area (Å²) in [5.74, 6) is -0.850. The molecule has 0 fully saturated rings. The number of hydrogen-bond donors (Lipinski definition) is 2. The lowest BCUT2D eigenvalue weighted by atomic mass is 10.1. The minimum absolute atomic E-state index is 0.0786. The van der Waals surface area contributed by atoms with Crippen molar-refractivity contribution < 1.29 is 27.2 Å². The normalized spacial score (nSPS) is 12.3. The van der Waals surface area contributed by atoms with Gasteiger partial charge in [-0.2, -0.15) is 13.2 Å². The van der Waals surface area contributed by atoms with Crippen molar-refractivity contribution in [2.75, 3.05) is 10.6 Å². The Labute approximate surface area is 191 Å². The van der Waals surface area contributed by atoms with Gasteiger partial charge in [0.2, 0.25) is 5.91 Å². The molecule has 10 heteroatoms. The fourth-order valence-electron chi connectivity index (χ4n) is 2.81. The molecular weight excluding hydrogens is 465 g/mol. The Bertz CT molecular complexity index is 1100. The van der Waals surface area contributed by atoms with E-state index >= 15 is 0 Å². The number of benzene rings is 2. The number of nitrogens with one attached hydrogen (secondary N) is 2. The van der Waals surface area contributed by atoms with Gasteiger partial charge in [0.05, 0.1) is 22.8 Å². The molecule has 2 N–H and O–H groups in total. The van der Waals surface area contributed by atoms with Gasteiger partial charge in [-0.05, 0) is 55.0 Å². The van der Waals surface area contributed by atoms with E-state index in [-0.39, 0.29) is 16.5 Å². The highest BCUT2D eigenvalue weighted by Gasteiger charge is 2.34. The molecule has 0 saturated carbocycles. The number of rotatable bonds is 7. The lowest BCUT2D eigenvalue weighted by Gasteiger charge is -2.18. The highest BCUT2D eigenvalue weighted by Crippen LogP contribution is 2.37. The van der Waals surface area contributed by atoms with Crippen LogP contribution in [0.25, 0.3) is 0 Å². The van der Waals surface area contributed by atoms with E-state index in [2.05, 4.69) is 10.6 Å². The highest BCUT2D eigenvalue weighted by molar-refractivity contribution is 8.00. The Kier molecular flexibility index (Phi) is 7.52.